The number of methoxy groups -OCH3 is 1. The summed E-state index contributed by atoms with van der Waals surface area (Å²) in [5.74, 6) is 1.03. The number of hydrogen-bond donors (Lipinski definition) is 3. The van der Waals surface area contributed by atoms with Gasteiger partial charge in [-0.2, -0.15) is 0 Å². The van der Waals surface area contributed by atoms with E-state index in [9.17, 15) is 9.90 Å². The van der Waals surface area contributed by atoms with Crippen LogP contribution in [0.3, 0.4) is 0 Å². The van der Waals surface area contributed by atoms with E-state index < -0.39 is 11.5 Å². The van der Waals surface area contributed by atoms with Crippen molar-refractivity contribution in [1.29, 1.82) is 0 Å². The molecule has 0 spiro atoms. The van der Waals surface area contributed by atoms with Crippen LogP contribution in [0, 0.1) is 5.41 Å². The summed E-state index contributed by atoms with van der Waals surface area (Å²) in [7, 11) is 1.60. The Kier molecular flexibility index (Phi) is 6.45. The topological polar surface area (TPSA) is 93.8 Å². The highest BCUT2D eigenvalue weighted by Gasteiger charge is 2.24. The Labute approximate surface area is 125 Å². The van der Waals surface area contributed by atoms with Crippen LogP contribution in [-0.2, 0) is 4.79 Å². The van der Waals surface area contributed by atoms with Gasteiger partial charge in [0, 0.05) is 13.1 Å². The van der Waals surface area contributed by atoms with Gasteiger partial charge in [-0.3, -0.25) is 4.79 Å². The highest BCUT2D eigenvalue weighted by Crippen LogP contribution is 2.17. The number of nitrogens with one attached hydrogen (secondary N) is 1. The van der Waals surface area contributed by atoms with Gasteiger partial charge >= 0.3 is 0 Å². The zero-order chi connectivity index (χ0) is 15.9. The van der Waals surface area contributed by atoms with Gasteiger partial charge in [-0.25, -0.2) is 0 Å². The minimum absolute atomic E-state index is 0.163. The molecule has 1 aromatic carbocycles. The van der Waals surface area contributed by atoms with Gasteiger partial charge in [-0.15, -0.1) is 0 Å². The van der Waals surface area contributed by atoms with E-state index in [2.05, 4.69) is 5.32 Å². The predicted molar refractivity (Wildman–Crippen MR) is 80.3 cm³/mol. The molecule has 0 aliphatic heterocycles. The van der Waals surface area contributed by atoms with Crippen LogP contribution in [0.5, 0.6) is 11.5 Å². The SMILES string of the molecule is COc1ccc(OCC(O)CNCC(C)(C)C(N)=O)cc1. The first-order valence-electron chi connectivity index (χ1n) is 6.80. The lowest BCUT2D eigenvalue weighted by atomic mass is 9.93. The molecule has 1 atom stereocenters. The minimum Gasteiger partial charge on any atom is -0.497 e. The van der Waals surface area contributed by atoms with E-state index in [0.29, 0.717) is 18.8 Å². The Morgan fingerprint density at radius 3 is 2.43 bits per heavy atom. The van der Waals surface area contributed by atoms with Gasteiger partial charge in [0.2, 0.25) is 5.91 Å². The van der Waals surface area contributed by atoms with Crippen LogP contribution >= 0.6 is 0 Å². The summed E-state index contributed by atoms with van der Waals surface area (Å²) in [6.07, 6.45) is -0.671. The number of aliphatic hydroxyl groups is 1. The van der Waals surface area contributed by atoms with Gasteiger partial charge in [0.15, 0.2) is 0 Å². The Morgan fingerprint density at radius 2 is 1.90 bits per heavy atom. The molecule has 0 saturated carbocycles. The molecule has 0 aliphatic rings. The van der Waals surface area contributed by atoms with Crippen LogP contribution in [0.1, 0.15) is 13.8 Å². The van der Waals surface area contributed by atoms with Crippen molar-refractivity contribution in [1.82, 2.24) is 5.32 Å². The average Bonchev–Trinajstić information content (AvgIpc) is 2.45. The Morgan fingerprint density at radius 1 is 1.33 bits per heavy atom. The summed E-state index contributed by atoms with van der Waals surface area (Å²) in [5.41, 5.74) is 4.63. The summed E-state index contributed by atoms with van der Waals surface area (Å²) in [6.45, 7) is 4.40. The zero-order valence-corrected chi connectivity index (χ0v) is 12.8. The fourth-order valence-corrected chi connectivity index (χ4v) is 1.56. The second-order valence-corrected chi connectivity index (χ2v) is 5.52. The molecule has 1 amide bonds. The van der Waals surface area contributed by atoms with E-state index >= 15 is 0 Å². The first kappa shape index (κ1) is 17.3. The van der Waals surface area contributed by atoms with Crippen molar-refractivity contribution < 1.29 is 19.4 Å². The van der Waals surface area contributed by atoms with Gasteiger partial charge in [-0.05, 0) is 38.1 Å². The number of carbonyl (C=O) groups excluding carboxylic acids is 1. The number of aliphatic hydroxyl groups excluding tert-OH is 1. The van der Waals surface area contributed by atoms with Crippen LogP contribution in [-0.4, -0.2) is 43.9 Å². The number of rotatable bonds is 9. The van der Waals surface area contributed by atoms with Crippen LogP contribution in [0.2, 0.25) is 0 Å². The Hall–Kier alpha value is -1.79. The van der Waals surface area contributed by atoms with Crippen LogP contribution in [0.25, 0.3) is 0 Å². The van der Waals surface area contributed by atoms with Crippen molar-refractivity contribution in [3.8, 4) is 11.5 Å². The quantitative estimate of drug-likeness (QED) is 0.618. The van der Waals surface area contributed by atoms with Gasteiger partial charge in [0.25, 0.3) is 0 Å². The lowest BCUT2D eigenvalue weighted by molar-refractivity contribution is -0.125. The Balaban J connectivity index is 2.27. The van der Waals surface area contributed by atoms with E-state index in [1.165, 1.54) is 0 Å². The fraction of sp³-hybridized carbons (Fsp3) is 0.533. The van der Waals surface area contributed by atoms with Gasteiger partial charge in [0.1, 0.15) is 24.2 Å². The summed E-state index contributed by atoms with van der Waals surface area (Å²) in [4.78, 5) is 11.1. The largest absolute Gasteiger partial charge is 0.497 e. The maximum atomic E-state index is 11.1. The Bertz CT molecular complexity index is 445. The number of hydrogen-bond acceptors (Lipinski definition) is 5. The lowest BCUT2D eigenvalue weighted by Gasteiger charge is -2.22. The van der Waals surface area contributed by atoms with Gasteiger partial charge in [-0.1, -0.05) is 0 Å². The monoisotopic (exact) mass is 296 g/mol. The molecule has 0 fully saturated rings. The maximum absolute atomic E-state index is 11.1. The molecule has 6 heteroatoms. The van der Waals surface area contributed by atoms with Crippen molar-refractivity contribution in [2.75, 3.05) is 26.8 Å². The third-order valence-corrected chi connectivity index (χ3v) is 3.12. The summed E-state index contributed by atoms with van der Waals surface area (Å²) < 4.78 is 10.5. The minimum atomic E-state index is -0.671. The smallest absolute Gasteiger partial charge is 0.224 e. The summed E-state index contributed by atoms with van der Waals surface area (Å²) in [5, 5.41) is 12.8. The van der Waals surface area contributed by atoms with Crippen LogP contribution in [0.15, 0.2) is 24.3 Å². The molecule has 6 nitrogen and oxygen atoms in total. The highest BCUT2D eigenvalue weighted by molar-refractivity contribution is 5.80. The molecule has 0 heterocycles. The average molecular weight is 296 g/mol. The third kappa shape index (κ3) is 6.01. The number of nitrogens with two attached hydrogens (primary N) is 1. The van der Waals surface area contributed by atoms with E-state index in [4.69, 9.17) is 15.2 Å². The second kappa shape index (κ2) is 7.85. The zero-order valence-electron chi connectivity index (χ0n) is 12.8. The van der Waals surface area contributed by atoms with Gasteiger partial charge in [0.05, 0.1) is 12.5 Å². The van der Waals surface area contributed by atoms with Crippen molar-refractivity contribution in [3.05, 3.63) is 24.3 Å². The molecule has 21 heavy (non-hydrogen) atoms. The van der Waals surface area contributed by atoms with E-state index in [0.717, 1.165) is 5.75 Å². The maximum Gasteiger partial charge on any atom is 0.224 e. The van der Waals surface area contributed by atoms with E-state index in [1.807, 2.05) is 0 Å². The van der Waals surface area contributed by atoms with Crippen molar-refractivity contribution in [2.24, 2.45) is 11.1 Å². The molecule has 118 valence electrons. The molecular formula is C15H24N2O4. The molecule has 1 unspecified atom stereocenters. The number of benzene rings is 1. The summed E-state index contributed by atoms with van der Waals surface area (Å²) >= 11 is 0. The third-order valence-electron chi connectivity index (χ3n) is 3.12. The summed E-state index contributed by atoms with van der Waals surface area (Å²) in [6, 6.07) is 7.12. The molecule has 0 radical (unpaired) electrons. The van der Waals surface area contributed by atoms with Crippen LogP contribution in [0.4, 0.5) is 0 Å². The normalized spacial score (nSPS) is 12.8. The first-order chi connectivity index (χ1) is 9.85. The fourth-order valence-electron chi connectivity index (χ4n) is 1.56. The molecule has 0 aromatic heterocycles. The van der Waals surface area contributed by atoms with E-state index in [-0.39, 0.29) is 12.5 Å². The molecule has 1 rings (SSSR count). The molecular weight excluding hydrogens is 272 g/mol. The molecule has 1 aromatic rings. The first-order valence-corrected chi connectivity index (χ1v) is 6.80. The van der Waals surface area contributed by atoms with Crippen molar-refractivity contribution in [2.45, 2.75) is 20.0 Å². The standard InChI is InChI=1S/C15H24N2O4/c1-15(2,14(16)19)10-17-8-11(18)9-21-13-6-4-12(20-3)5-7-13/h4-7,11,17-18H,8-10H2,1-3H3,(H2,16,19). The number of amides is 1. The molecule has 0 saturated heterocycles. The number of carbonyl (C=O) groups is 1. The molecule has 0 bridgehead atoms. The molecule has 0 aliphatic carbocycles. The van der Waals surface area contributed by atoms with Crippen LogP contribution < -0.4 is 20.5 Å². The highest BCUT2D eigenvalue weighted by atomic mass is 16.5. The lowest BCUT2D eigenvalue weighted by Crippen LogP contribution is -2.43. The predicted octanol–water partition coefficient (Wildman–Crippen LogP) is 0.536. The second-order valence-electron chi connectivity index (χ2n) is 5.52. The van der Waals surface area contributed by atoms with E-state index in [1.54, 1.807) is 45.2 Å². The number of primary amides is 1. The van der Waals surface area contributed by atoms with Gasteiger partial charge < -0.3 is 25.6 Å². The molecule has 4 N–H and O–H groups in total. The van der Waals surface area contributed by atoms with Crippen molar-refractivity contribution >= 4 is 5.91 Å². The van der Waals surface area contributed by atoms with Crippen molar-refractivity contribution in [3.63, 3.8) is 0 Å². The number of ether oxygens (including phenoxy) is 2.